The zero-order chi connectivity index (χ0) is 17.1. The maximum atomic E-state index is 12.6. The average Bonchev–Trinajstić information content (AvgIpc) is 2.94. The predicted octanol–water partition coefficient (Wildman–Crippen LogP) is 2.81. The normalized spacial score (nSPS) is 15.7. The second kappa shape index (κ2) is 7.18. The minimum atomic E-state index is 0.134. The van der Waals surface area contributed by atoms with Crippen molar-refractivity contribution in [3.8, 4) is 0 Å². The summed E-state index contributed by atoms with van der Waals surface area (Å²) >= 11 is 0. The lowest BCUT2D eigenvalue weighted by Gasteiger charge is -2.34. The van der Waals surface area contributed by atoms with Crippen LogP contribution in [0.1, 0.15) is 39.9 Å². The van der Waals surface area contributed by atoms with Gasteiger partial charge >= 0.3 is 0 Å². The third-order valence-corrected chi connectivity index (χ3v) is 4.83. The minimum Gasteiger partial charge on any atom is -0.361 e. The maximum absolute atomic E-state index is 12.6. The van der Waals surface area contributed by atoms with E-state index in [9.17, 15) is 4.79 Å². The molecule has 0 aliphatic carbocycles. The smallest absolute Gasteiger partial charge is 0.253 e. The Hall–Kier alpha value is -2.14. The summed E-state index contributed by atoms with van der Waals surface area (Å²) in [5.41, 5.74) is 4.18. The molecule has 2 aromatic rings. The Balaban J connectivity index is 1.57. The molecule has 1 aliphatic heterocycles. The molecule has 1 aromatic carbocycles. The van der Waals surface area contributed by atoms with Gasteiger partial charge in [-0.25, -0.2) is 0 Å². The van der Waals surface area contributed by atoms with Crippen LogP contribution in [0.15, 0.2) is 28.8 Å². The third kappa shape index (κ3) is 3.51. The lowest BCUT2D eigenvalue weighted by Crippen LogP contribution is -2.48. The number of hydrogen-bond acceptors (Lipinski definition) is 4. The molecular weight excluding hydrogens is 302 g/mol. The van der Waals surface area contributed by atoms with Gasteiger partial charge in [-0.3, -0.25) is 9.69 Å². The van der Waals surface area contributed by atoms with E-state index in [4.69, 9.17) is 4.52 Å². The first-order chi connectivity index (χ1) is 11.6. The van der Waals surface area contributed by atoms with Gasteiger partial charge in [-0.15, -0.1) is 0 Å². The molecule has 1 saturated heterocycles. The minimum absolute atomic E-state index is 0.134. The Kier molecular flexibility index (Phi) is 5.00. The van der Waals surface area contributed by atoms with Gasteiger partial charge in [-0.05, 0) is 38.0 Å². The van der Waals surface area contributed by atoms with Crippen LogP contribution in [0.3, 0.4) is 0 Å². The van der Waals surface area contributed by atoms with Crippen LogP contribution in [0.4, 0.5) is 0 Å². The Morgan fingerprint density at radius 3 is 2.33 bits per heavy atom. The molecule has 1 fully saturated rings. The SMILES string of the molecule is CCc1ccc(C(=O)N2CCN(Cc3c(C)noc3C)CC2)cc1. The van der Waals surface area contributed by atoms with Crippen LogP contribution in [-0.4, -0.2) is 47.0 Å². The zero-order valence-corrected chi connectivity index (χ0v) is 14.7. The van der Waals surface area contributed by atoms with E-state index in [1.54, 1.807) is 0 Å². The number of aromatic nitrogens is 1. The van der Waals surface area contributed by atoms with Gasteiger partial charge in [0.05, 0.1) is 5.69 Å². The van der Waals surface area contributed by atoms with E-state index in [2.05, 4.69) is 17.0 Å². The highest BCUT2D eigenvalue weighted by molar-refractivity contribution is 5.94. The molecular formula is C19H25N3O2. The summed E-state index contributed by atoms with van der Waals surface area (Å²) < 4.78 is 5.23. The van der Waals surface area contributed by atoms with Crippen LogP contribution in [0, 0.1) is 13.8 Å². The first-order valence-corrected chi connectivity index (χ1v) is 8.60. The van der Waals surface area contributed by atoms with Crippen LogP contribution in [0.5, 0.6) is 0 Å². The van der Waals surface area contributed by atoms with E-state index in [-0.39, 0.29) is 5.91 Å². The number of amides is 1. The van der Waals surface area contributed by atoms with Gasteiger partial charge in [0.25, 0.3) is 5.91 Å². The quantitative estimate of drug-likeness (QED) is 0.866. The Bertz CT molecular complexity index is 678. The van der Waals surface area contributed by atoms with Crippen LogP contribution in [0.2, 0.25) is 0 Å². The van der Waals surface area contributed by atoms with Crippen molar-refractivity contribution < 1.29 is 9.32 Å². The molecule has 1 aromatic heterocycles. The number of nitrogens with zero attached hydrogens (tertiary/aromatic N) is 3. The first-order valence-electron chi connectivity index (χ1n) is 8.60. The Morgan fingerprint density at radius 2 is 1.79 bits per heavy atom. The van der Waals surface area contributed by atoms with Gasteiger partial charge in [0, 0.05) is 43.9 Å². The molecule has 1 aliphatic rings. The third-order valence-electron chi connectivity index (χ3n) is 4.83. The van der Waals surface area contributed by atoms with E-state index < -0.39 is 0 Å². The summed E-state index contributed by atoms with van der Waals surface area (Å²) in [6, 6.07) is 7.97. The monoisotopic (exact) mass is 327 g/mol. The maximum Gasteiger partial charge on any atom is 0.253 e. The fourth-order valence-corrected chi connectivity index (χ4v) is 3.13. The van der Waals surface area contributed by atoms with E-state index in [1.807, 2.05) is 43.0 Å². The van der Waals surface area contributed by atoms with Gasteiger partial charge in [-0.1, -0.05) is 24.2 Å². The number of carbonyl (C=O) groups is 1. The predicted molar refractivity (Wildman–Crippen MR) is 93.0 cm³/mol. The molecule has 1 amide bonds. The molecule has 0 N–H and O–H groups in total. The highest BCUT2D eigenvalue weighted by Crippen LogP contribution is 2.17. The van der Waals surface area contributed by atoms with Gasteiger partial charge in [0.2, 0.25) is 0 Å². The lowest BCUT2D eigenvalue weighted by atomic mass is 10.1. The molecule has 0 bridgehead atoms. The highest BCUT2D eigenvalue weighted by atomic mass is 16.5. The number of benzene rings is 1. The van der Waals surface area contributed by atoms with Crippen molar-refractivity contribution in [2.24, 2.45) is 0 Å². The van der Waals surface area contributed by atoms with Crippen molar-refractivity contribution in [2.45, 2.75) is 33.7 Å². The molecule has 0 unspecified atom stereocenters. The summed E-state index contributed by atoms with van der Waals surface area (Å²) in [6.07, 6.45) is 0.995. The summed E-state index contributed by atoms with van der Waals surface area (Å²) in [4.78, 5) is 16.9. The van der Waals surface area contributed by atoms with Gasteiger partial charge in [0.15, 0.2) is 0 Å². The molecule has 128 valence electrons. The molecule has 5 heteroatoms. The van der Waals surface area contributed by atoms with Crippen LogP contribution >= 0.6 is 0 Å². The Morgan fingerprint density at radius 1 is 1.12 bits per heavy atom. The first kappa shape index (κ1) is 16.7. The van der Waals surface area contributed by atoms with Crippen LogP contribution in [-0.2, 0) is 13.0 Å². The van der Waals surface area contributed by atoms with Crippen molar-refractivity contribution >= 4 is 5.91 Å². The molecule has 0 atom stereocenters. The fraction of sp³-hybridized carbons (Fsp3) is 0.474. The largest absolute Gasteiger partial charge is 0.361 e. The van der Waals surface area contributed by atoms with Gasteiger partial charge < -0.3 is 9.42 Å². The number of aryl methyl sites for hydroxylation is 3. The van der Waals surface area contributed by atoms with E-state index >= 15 is 0 Å². The average molecular weight is 327 g/mol. The van der Waals surface area contributed by atoms with Crippen LogP contribution in [0.25, 0.3) is 0 Å². The second-order valence-corrected chi connectivity index (χ2v) is 6.42. The van der Waals surface area contributed by atoms with E-state index in [0.29, 0.717) is 0 Å². The van der Waals surface area contributed by atoms with Crippen LogP contribution < -0.4 is 0 Å². The standard InChI is InChI=1S/C19H25N3O2/c1-4-16-5-7-17(8-6-16)19(23)22-11-9-21(10-12-22)13-18-14(2)20-24-15(18)3/h5-8H,4,9-13H2,1-3H3. The van der Waals surface area contributed by atoms with Crippen molar-refractivity contribution in [2.75, 3.05) is 26.2 Å². The lowest BCUT2D eigenvalue weighted by molar-refractivity contribution is 0.0627. The van der Waals surface area contributed by atoms with E-state index in [0.717, 1.165) is 56.2 Å². The highest BCUT2D eigenvalue weighted by Gasteiger charge is 2.23. The molecule has 24 heavy (non-hydrogen) atoms. The number of rotatable bonds is 4. The van der Waals surface area contributed by atoms with Crippen molar-refractivity contribution in [3.05, 3.63) is 52.4 Å². The van der Waals surface area contributed by atoms with Crippen molar-refractivity contribution in [1.29, 1.82) is 0 Å². The Labute approximate surface area is 143 Å². The zero-order valence-electron chi connectivity index (χ0n) is 14.7. The van der Waals surface area contributed by atoms with Gasteiger partial charge in [0.1, 0.15) is 5.76 Å². The second-order valence-electron chi connectivity index (χ2n) is 6.42. The summed E-state index contributed by atoms with van der Waals surface area (Å²) in [5, 5.41) is 4.01. The molecule has 0 saturated carbocycles. The van der Waals surface area contributed by atoms with Crippen molar-refractivity contribution in [1.82, 2.24) is 15.0 Å². The summed E-state index contributed by atoms with van der Waals surface area (Å²) in [5.74, 6) is 1.02. The fourth-order valence-electron chi connectivity index (χ4n) is 3.13. The van der Waals surface area contributed by atoms with Crippen molar-refractivity contribution in [3.63, 3.8) is 0 Å². The molecule has 0 spiro atoms. The summed E-state index contributed by atoms with van der Waals surface area (Å²) in [7, 11) is 0. The summed E-state index contributed by atoms with van der Waals surface area (Å²) in [6.45, 7) is 10.2. The number of carbonyl (C=O) groups excluding carboxylic acids is 1. The number of piperazine rings is 1. The van der Waals surface area contributed by atoms with E-state index in [1.165, 1.54) is 11.1 Å². The molecule has 2 heterocycles. The molecule has 0 radical (unpaired) electrons. The molecule has 5 nitrogen and oxygen atoms in total. The van der Waals surface area contributed by atoms with Gasteiger partial charge in [-0.2, -0.15) is 0 Å². The topological polar surface area (TPSA) is 49.6 Å². The number of hydrogen-bond donors (Lipinski definition) is 0. The molecule has 3 rings (SSSR count).